The number of carbonyl (C=O) groups is 1. The normalized spacial score (nSPS) is 14.9. The van der Waals surface area contributed by atoms with E-state index >= 15 is 0 Å². The van der Waals surface area contributed by atoms with E-state index in [-0.39, 0.29) is 5.92 Å². The molecule has 27 heavy (non-hydrogen) atoms. The highest BCUT2D eigenvalue weighted by Crippen LogP contribution is 2.27. The van der Waals surface area contributed by atoms with Gasteiger partial charge in [0, 0.05) is 31.4 Å². The van der Waals surface area contributed by atoms with Crippen LogP contribution in [0.3, 0.4) is 0 Å². The molecule has 0 N–H and O–H groups in total. The summed E-state index contributed by atoms with van der Waals surface area (Å²) in [6.07, 6.45) is 8.36. The Morgan fingerprint density at radius 2 is 2.00 bits per heavy atom. The SMILES string of the molecule is Cc1ccc(C)c(Cn2ccnc2CN(CC(C)C)C(=O)C2CCCC2)c1. The minimum Gasteiger partial charge on any atom is -0.335 e. The molecular weight excluding hydrogens is 334 g/mol. The average Bonchev–Trinajstić information content (AvgIpc) is 3.29. The minimum atomic E-state index is 0.214. The Bertz CT molecular complexity index is 772. The molecule has 146 valence electrons. The summed E-state index contributed by atoms with van der Waals surface area (Å²) < 4.78 is 2.19. The van der Waals surface area contributed by atoms with Crippen LogP contribution in [0.4, 0.5) is 0 Å². The molecular formula is C23H33N3O. The molecule has 0 aliphatic heterocycles. The summed E-state index contributed by atoms with van der Waals surface area (Å²) in [6, 6.07) is 6.57. The van der Waals surface area contributed by atoms with Crippen molar-refractivity contribution in [3.05, 3.63) is 53.1 Å². The van der Waals surface area contributed by atoms with Crippen LogP contribution in [0.1, 0.15) is 62.0 Å². The van der Waals surface area contributed by atoms with E-state index in [9.17, 15) is 4.79 Å². The van der Waals surface area contributed by atoms with Crippen LogP contribution in [-0.2, 0) is 17.9 Å². The number of hydrogen-bond donors (Lipinski definition) is 0. The maximum Gasteiger partial charge on any atom is 0.226 e. The lowest BCUT2D eigenvalue weighted by atomic mass is 10.1. The zero-order valence-electron chi connectivity index (χ0n) is 17.2. The van der Waals surface area contributed by atoms with Gasteiger partial charge in [0.2, 0.25) is 5.91 Å². The molecule has 4 heteroatoms. The summed E-state index contributed by atoms with van der Waals surface area (Å²) in [5.41, 5.74) is 3.88. The molecule has 1 heterocycles. The monoisotopic (exact) mass is 367 g/mol. The van der Waals surface area contributed by atoms with E-state index in [0.29, 0.717) is 18.4 Å². The molecule has 4 nitrogen and oxygen atoms in total. The van der Waals surface area contributed by atoms with Gasteiger partial charge in [-0.25, -0.2) is 4.98 Å². The van der Waals surface area contributed by atoms with Gasteiger partial charge < -0.3 is 9.47 Å². The Kier molecular flexibility index (Phi) is 6.35. The highest BCUT2D eigenvalue weighted by atomic mass is 16.2. The Morgan fingerprint density at radius 1 is 1.26 bits per heavy atom. The smallest absolute Gasteiger partial charge is 0.226 e. The van der Waals surface area contributed by atoms with Crippen molar-refractivity contribution in [3.8, 4) is 0 Å². The molecule has 1 saturated carbocycles. The molecule has 0 bridgehead atoms. The Balaban J connectivity index is 1.77. The van der Waals surface area contributed by atoms with Crippen LogP contribution < -0.4 is 0 Å². The maximum atomic E-state index is 13.1. The van der Waals surface area contributed by atoms with E-state index < -0.39 is 0 Å². The van der Waals surface area contributed by atoms with Crippen LogP contribution in [0.15, 0.2) is 30.6 Å². The molecule has 0 saturated heterocycles. The average molecular weight is 368 g/mol. The highest BCUT2D eigenvalue weighted by molar-refractivity contribution is 5.79. The van der Waals surface area contributed by atoms with Crippen LogP contribution in [0, 0.1) is 25.7 Å². The number of hydrogen-bond acceptors (Lipinski definition) is 2. The Labute approximate surface area is 163 Å². The maximum absolute atomic E-state index is 13.1. The number of carbonyl (C=O) groups excluding carboxylic acids is 1. The fraction of sp³-hybridized carbons (Fsp3) is 0.565. The molecule has 2 aromatic rings. The molecule has 1 fully saturated rings. The molecule has 1 aliphatic carbocycles. The summed E-state index contributed by atoms with van der Waals surface area (Å²) in [5, 5.41) is 0. The van der Waals surface area contributed by atoms with Crippen molar-refractivity contribution >= 4 is 5.91 Å². The van der Waals surface area contributed by atoms with Crippen LogP contribution in [-0.4, -0.2) is 26.9 Å². The zero-order chi connectivity index (χ0) is 19.4. The van der Waals surface area contributed by atoms with Gasteiger partial charge >= 0.3 is 0 Å². The number of aromatic nitrogens is 2. The van der Waals surface area contributed by atoms with Crippen LogP contribution >= 0.6 is 0 Å². The quantitative estimate of drug-likeness (QED) is 0.710. The Hall–Kier alpha value is -2.10. The van der Waals surface area contributed by atoms with E-state index in [1.807, 2.05) is 17.3 Å². The van der Waals surface area contributed by atoms with Crippen molar-refractivity contribution in [1.29, 1.82) is 0 Å². The predicted molar refractivity (Wildman–Crippen MR) is 109 cm³/mol. The standard InChI is InChI=1S/C23H33N3O/c1-17(2)14-26(23(27)20-7-5-6-8-20)16-22-24-11-12-25(22)15-21-13-18(3)9-10-19(21)4/h9-13,17,20H,5-8,14-16H2,1-4H3. The minimum absolute atomic E-state index is 0.214. The third kappa shape index (κ3) is 5.00. The second kappa shape index (κ2) is 8.73. The molecule has 1 aromatic heterocycles. The first-order valence-corrected chi connectivity index (χ1v) is 10.3. The van der Waals surface area contributed by atoms with Gasteiger partial charge in [0.25, 0.3) is 0 Å². The van der Waals surface area contributed by atoms with E-state index in [4.69, 9.17) is 0 Å². The van der Waals surface area contributed by atoms with Crippen LogP contribution in [0.25, 0.3) is 0 Å². The van der Waals surface area contributed by atoms with Crippen molar-refractivity contribution in [1.82, 2.24) is 14.5 Å². The number of nitrogens with zero attached hydrogens (tertiary/aromatic N) is 3. The van der Waals surface area contributed by atoms with Crippen molar-refractivity contribution in [2.24, 2.45) is 11.8 Å². The van der Waals surface area contributed by atoms with Gasteiger partial charge in [-0.3, -0.25) is 4.79 Å². The lowest BCUT2D eigenvalue weighted by Crippen LogP contribution is -2.38. The van der Waals surface area contributed by atoms with Gasteiger partial charge in [0.15, 0.2) is 0 Å². The molecule has 0 radical (unpaired) electrons. The second-order valence-electron chi connectivity index (χ2n) is 8.50. The van der Waals surface area contributed by atoms with Crippen molar-refractivity contribution in [2.45, 2.75) is 66.5 Å². The molecule has 1 aliphatic rings. The van der Waals surface area contributed by atoms with Gasteiger partial charge in [-0.1, -0.05) is 50.5 Å². The largest absolute Gasteiger partial charge is 0.335 e. The third-order valence-electron chi connectivity index (χ3n) is 5.58. The number of rotatable bonds is 7. The zero-order valence-corrected chi connectivity index (χ0v) is 17.2. The molecule has 0 spiro atoms. The summed E-state index contributed by atoms with van der Waals surface area (Å²) in [5.74, 6) is 1.97. The number of benzene rings is 1. The van der Waals surface area contributed by atoms with Crippen molar-refractivity contribution in [2.75, 3.05) is 6.54 Å². The van der Waals surface area contributed by atoms with Crippen LogP contribution in [0.5, 0.6) is 0 Å². The summed E-state index contributed by atoms with van der Waals surface area (Å²) in [7, 11) is 0. The lowest BCUT2D eigenvalue weighted by molar-refractivity contribution is -0.136. The van der Waals surface area contributed by atoms with Crippen molar-refractivity contribution in [3.63, 3.8) is 0 Å². The van der Waals surface area contributed by atoms with E-state index in [1.54, 1.807) is 0 Å². The number of amides is 1. The number of aryl methyl sites for hydroxylation is 2. The van der Waals surface area contributed by atoms with E-state index in [2.05, 4.69) is 55.4 Å². The summed E-state index contributed by atoms with van der Waals surface area (Å²) >= 11 is 0. The molecule has 1 amide bonds. The van der Waals surface area contributed by atoms with Gasteiger partial charge in [-0.2, -0.15) is 0 Å². The van der Waals surface area contributed by atoms with Crippen molar-refractivity contribution < 1.29 is 4.79 Å². The lowest BCUT2D eigenvalue weighted by Gasteiger charge is -2.27. The fourth-order valence-corrected chi connectivity index (χ4v) is 4.06. The molecule has 3 rings (SSSR count). The van der Waals surface area contributed by atoms with Crippen LogP contribution in [0.2, 0.25) is 0 Å². The number of imidazole rings is 1. The first kappa shape index (κ1) is 19.7. The molecule has 0 atom stereocenters. The van der Waals surface area contributed by atoms with E-state index in [0.717, 1.165) is 31.8 Å². The fourth-order valence-electron chi connectivity index (χ4n) is 4.06. The summed E-state index contributed by atoms with van der Waals surface area (Å²) in [4.78, 5) is 19.7. The topological polar surface area (TPSA) is 38.1 Å². The first-order valence-electron chi connectivity index (χ1n) is 10.3. The molecule has 0 unspecified atom stereocenters. The van der Waals surface area contributed by atoms with Gasteiger partial charge in [0.1, 0.15) is 5.82 Å². The van der Waals surface area contributed by atoms with Gasteiger partial charge in [0.05, 0.1) is 6.54 Å². The summed E-state index contributed by atoms with van der Waals surface area (Å²) in [6.45, 7) is 10.8. The predicted octanol–water partition coefficient (Wildman–Crippen LogP) is 4.72. The van der Waals surface area contributed by atoms with Gasteiger partial charge in [-0.05, 0) is 43.7 Å². The second-order valence-corrected chi connectivity index (χ2v) is 8.50. The molecule has 1 aromatic carbocycles. The Morgan fingerprint density at radius 3 is 2.70 bits per heavy atom. The van der Waals surface area contributed by atoms with Gasteiger partial charge in [-0.15, -0.1) is 0 Å². The highest BCUT2D eigenvalue weighted by Gasteiger charge is 2.28. The third-order valence-corrected chi connectivity index (χ3v) is 5.58. The van der Waals surface area contributed by atoms with E-state index in [1.165, 1.54) is 29.5 Å². The first-order chi connectivity index (χ1) is 12.9.